The number of nitrogens with zero attached hydrogens (tertiary/aromatic N) is 3. The highest BCUT2D eigenvalue weighted by Crippen LogP contribution is 2.06. The summed E-state index contributed by atoms with van der Waals surface area (Å²) in [5.41, 5.74) is 0. The topological polar surface area (TPSA) is 47.9 Å². The molecule has 0 amide bonds. The summed E-state index contributed by atoms with van der Waals surface area (Å²) in [5, 5.41) is 0. The van der Waals surface area contributed by atoms with Crippen molar-refractivity contribution in [1.29, 1.82) is 0 Å². The molecule has 4 nitrogen and oxygen atoms in total. The molecule has 2 rings (SSSR count). The zero-order chi connectivity index (χ0) is 9.64. The van der Waals surface area contributed by atoms with Gasteiger partial charge in [0.2, 0.25) is 0 Å². The van der Waals surface area contributed by atoms with Gasteiger partial charge < -0.3 is 4.74 Å². The second kappa shape index (κ2) is 4.32. The van der Waals surface area contributed by atoms with Gasteiger partial charge in [0.15, 0.2) is 5.82 Å². The predicted octanol–water partition coefficient (Wildman–Crippen LogP) is 1.25. The first-order valence-electron chi connectivity index (χ1n) is 4.16. The summed E-state index contributed by atoms with van der Waals surface area (Å²) in [6.07, 6.45) is 7.71. The second-order valence-electron chi connectivity index (χ2n) is 2.57. The minimum atomic E-state index is 0.336. The fraction of sp³-hybridized carbons (Fsp3) is 0.100. The molecule has 0 fully saturated rings. The number of hydrogen-bond acceptors (Lipinski definition) is 4. The fourth-order valence-corrected chi connectivity index (χ4v) is 0.939. The maximum atomic E-state index is 5.35. The quantitative estimate of drug-likeness (QED) is 0.723. The molecule has 69 valence electrons. The summed E-state index contributed by atoms with van der Waals surface area (Å²) >= 11 is 0. The lowest BCUT2D eigenvalue weighted by Gasteiger charge is -2.02. The summed E-state index contributed by atoms with van der Waals surface area (Å²) in [4.78, 5) is 11.9. The maximum Gasteiger partial charge on any atom is 0.166 e. The molecular weight excluding hydrogens is 178 g/mol. The molecule has 0 aliphatic rings. The van der Waals surface area contributed by atoms with Crippen LogP contribution in [0.4, 0.5) is 0 Å². The van der Waals surface area contributed by atoms with E-state index in [1.165, 1.54) is 0 Å². The SMILES string of the molecule is [c]1ncccc1OCc1ncccn1. The molecule has 2 aromatic rings. The van der Waals surface area contributed by atoms with Crippen molar-refractivity contribution in [3.8, 4) is 5.75 Å². The third kappa shape index (κ3) is 2.26. The molecule has 1 radical (unpaired) electrons. The summed E-state index contributed by atoms with van der Waals surface area (Å²) in [7, 11) is 0. The summed E-state index contributed by atoms with van der Waals surface area (Å²) in [6, 6.07) is 5.34. The van der Waals surface area contributed by atoms with Crippen molar-refractivity contribution in [2.45, 2.75) is 6.61 Å². The van der Waals surface area contributed by atoms with Gasteiger partial charge in [-0.15, -0.1) is 0 Å². The van der Waals surface area contributed by atoms with Crippen LogP contribution >= 0.6 is 0 Å². The first-order chi connectivity index (χ1) is 6.95. The number of ether oxygens (including phenoxy) is 1. The van der Waals surface area contributed by atoms with E-state index < -0.39 is 0 Å². The molecule has 2 heterocycles. The number of hydrogen-bond donors (Lipinski definition) is 0. The van der Waals surface area contributed by atoms with Gasteiger partial charge in [-0.25, -0.2) is 9.97 Å². The number of aromatic nitrogens is 3. The van der Waals surface area contributed by atoms with Crippen LogP contribution in [0.1, 0.15) is 5.82 Å². The van der Waals surface area contributed by atoms with Crippen LogP contribution < -0.4 is 4.74 Å². The third-order valence-electron chi connectivity index (χ3n) is 1.56. The molecule has 0 aromatic carbocycles. The number of pyridine rings is 1. The van der Waals surface area contributed by atoms with E-state index in [1.807, 2.05) is 0 Å². The molecule has 0 atom stereocenters. The zero-order valence-corrected chi connectivity index (χ0v) is 7.42. The molecule has 0 aliphatic carbocycles. The standard InChI is InChI=1S/C10H8N3O/c1-3-9(7-11-4-1)14-8-10-12-5-2-6-13-10/h1-6H,8H2. The van der Waals surface area contributed by atoms with E-state index in [4.69, 9.17) is 4.74 Å². The van der Waals surface area contributed by atoms with Crippen LogP contribution in [0.2, 0.25) is 0 Å². The molecule has 0 saturated carbocycles. The van der Waals surface area contributed by atoms with Crippen LogP contribution in [-0.4, -0.2) is 15.0 Å². The summed E-state index contributed by atoms with van der Waals surface area (Å²) in [6.45, 7) is 0.336. The average molecular weight is 186 g/mol. The van der Waals surface area contributed by atoms with Gasteiger partial charge >= 0.3 is 0 Å². The van der Waals surface area contributed by atoms with Crippen LogP contribution in [0, 0.1) is 6.20 Å². The Morgan fingerprint density at radius 2 is 2.00 bits per heavy atom. The van der Waals surface area contributed by atoms with Gasteiger partial charge in [0, 0.05) is 18.6 Å². The van der Waals surface area contributed by atoms with E-state index in [0.717, 1.165) is 0 Å². The van der Waals surface area contributed by atoms with E-state index >= 15 is 0 Å². The second-order valence-corrected chi connectivity index (χ2v) is 2.57. The van der Waals surface area contributed by atoms with Crippen molar-refractivity contribution in [2.24, 2.45) is 0 Å². The van der Waals surface area contributed by atoms with Crippen LogP contribution in [0.3, 0.4) is 0 Å². The maximum absolute atomic E-state index is 5.35. The van der Waals surface area contributed by atoms with E-state index in [2.05, 4.69) is 21.1 Å². The highest BCUT2D eigenvalue weighted by molar-refractivity contribution is 5.14. The van der Waals surface area contributed by atoms with Gasteiger partial charge in [-0.2, -0.15) is 0 Å². The number of rotatable bonds is 3. The third-order valence-corrected chi connectivity index (χ3v) is 1.56. The Balaban J connectivity index is 1.96. The van der Waals surface area contributed by atoms with Gasteiger partial charge in [-0.1, -0.05) is 0 Å². The van der Waals surface area contributed by atoms with Crippen LogP contribution in [0.15, 0.2) is 36.8 Å². The van der Waals surface area contributed by atoms with Crippen LogP contribution in [0.25, 0.3) is 0 Å². The van der Waals surface area contributed by atoms with Crippen LogP contribution in [0.5, 0.6) is 5.75 Å². The zero-order valence-electron chi connectivity index (χ0n) is 7.42. The Labute approximate surface area is 81.6 Å². The molecule has 0 aliphatic heterocycles. The summed E-state index contributed by atoms with van der Waals surface area (Å²) < 4.78 is 5.35. The molecule has 0 bridgehead atoms. The molecule has 0 N–H and O–H groups in total. The lowest BCUT2D eigenvalue weighted by molar-refractivity contribution is 0.294. The molecule has 4 heteroatoms. The van der Waals surface area contributed by atoms with E-state index in [9.17, 15) is 0 Å². The Hall–Kier alpha value is -1.97. The van der Waals surface area contributed by atoms with Crippen molar-refractivity contribution in [2.75, 3.05) is 0 Å². The summed E-state index contributed by atoms with van der Waals surface area (Å²) in [5.74, 6) is 1.24. The van der Waals surface area contributed by atoms with E-state index in [1.54, 1.807) is 36.8 Å². The van der Waals surface area contributed by atoms with Crippen molar-refractivity contribution in [1.82, 2.24) is 15.0 Å². The minimum Gasteiger partial charge on any atom is -0.483 e. The van der Waals surface area contributed by atoms with Gasteiger partial charge in [-0.3, -0.25) is 4.98 Å². The van der Waals surface area contributed by atoms with Crippen molar-refractivity contribution in [3.63, 3.8) is 0 Å². The highest BCUT2D eigenvalue weighted by atomic mass is 16.5. The Morgan fingerprint density at radius 1 is 1.14 bits per heavy atom. The molecule has 0 unspecified atom stereocenters. The smallest absolute Gasteiger partial charge is 0.166 e. The highest BCUT2D eigenvalue weighted by Gasteiger charge is 1.96. The average Bonchev–Trinajstić information content (AvgIpc) is 2.29. The molecule has 0 saturated heterocycles. The van der Waals surface area contributed by atoms with E-state index in [0.29, 0.717) is 18.2 Å². The molecular formula is C10H8N3O. The first-order valence-corrected chi connectivity index (χ1v) is 4.16. The normalized spacial score (nSPS) is 9.71. The molecule has 0 spiro atoms. The van der Waals surface area contributed by atoms with E-state index in [-0.39, 0.29) is 0 Å². The first kappa shape index (κ1) is 8.62. The van der Waals surface area contributed by atoms with Gasteiger partial charge in [0.1, 0.15) is 18.6 Å². The fourth-order valence-electron chi connectivity index (χ4n) is 0.939. The lowest BCUT2D eigenvalue weighted by Crippen LogP contribution is -2.00. The Morgan fingerprint density at radius 3 is 2.71 bits per heavy atom. The Bertz CT molecular complexity index is 338. The monoisotopic (exact) mass is 186 g/mol. The van der Waals surface area contributed by atoms with Crippen LogP contribution in [-0.2, 0) is 6.61 Å². The lowest BCUT2D eigenvalue weighted by atomic mass is 10.5. The Kier molecular flexibility index (Phi) is 2.66. The van der Waals surface area contributed by atoms with Gasteiger partial charge in [-0.05, 0) is 18.2 Å². The minimum absolute atomic E-state index is 0.336. The molecule has 2 aromatic heterocycles. The molecule has 14 heavy (non-hydrogen) atoms. The van der Waals surface area contributed by atoms with Crippen molar-refractivity contribution in [3.05, 3.63) is 48.8 Å². The van der Waals surface area contributed by atoms with Crippen molar-refractivity contribution < 1.29 is 4.74 Å². The van der Waals surface area contributed by atoms with Crippen molar-refractivity contribution >= 4 is 0 Å². The van der Waals surface area contributed by atoms with Gasteiger partial charge in [0.05, 0.1) is 0 Å². The largest absolute Gasteiger partial charge is 0.483 e. The predicted molar refractivity (Wildman–Crippen MR) is 49.4 cm³/mol. The van der Waals surface area contributed by atoms with Gasteiger partial charge in [0.25, 0.3) is 0 Å².